The van der Waals surface area contributed by atoms with Gasteiger partial charge in [0, 0.05) is 26.3 Å². The molecule has 0 saturated heterocycles. The zero-order valence-electron chi connectivity index (χ0n) is 17.3. The third kappa shape index (κ3) is 14.2. The summed E-state index contributed by atoms with van der Waals surface area (Å²) in [6.45, 7) is 14.6. The highest BCUT2D eigenvalue weighted by molar-refractivity contribution is 4.58. The van der Waals surface area contributed by atoms with E-state index in [1.807, 2.05) is 0 Å². The molecule has 0 aliphatic carbocycles. The minimum atomic E-state index is 0.743. The topological polar surface area (TPSA) is 21.7 Å². The van der Waals surface area contributed by atoms with Crippen molar-refractivity contribution in [3.8, 4) is 0 Å². The van der Waals surface area contributed by atoms with Gasteiger partial charge >= 0.3 is 0 Å². The Labute approximate surface area is 152 Å². The number of hydrogen-bond acceptors (Lipinski definition) is 3. The summed E-state index contributed by atoms with van der Waals surface area (Å²) >= 11 is 0. The van der Waals surface area contributed by atoms with Crippen LogP contribution < -0.4 is 0 Å². The lowest BCUT2D eigenvalue weighted by molar-refractivity contribution is 0.0563. The van der Waals surface area contributed by atoms with Gasteiger partial charge in [-0.3, -0.25) is 0 Å². The molecule has 2 unspecified atom stereocenters. The van der Waals surface area contributed by atoms with Gasteiger partial charge in [-0.2, -0.15) is 0 Å². The molecular weight excluding hydrogens is 298 g/mol. The molecule has 24 heavy (non-hydrogen) atoms. The van der Waals surface area contributed by atoms with Gasteiger partial charge in [0.2, 0.25) is 0 Å². The predicted molar refractivity (Wildman–Crippen MR) is 106 cm³/mol. The normalized spacial score (nSPS) is 14.2. The second-order valence-electron chi connectivity index (χ2n) is 7.29. The lowest BCUT2D eigenvalue weighted by Crippen LogP contribution is -2.28. The average Bonchev–Trinajstić information content (AvgIpc) is 2.60. The van der Waals surface area contributed by atoms with E-state index in [4.69, 9.17) is 9.47 Å². The molecule has 0 aromatic heterocycles. The van der Waals surface area contributed by atoms with Crippen LogP contribution in [0.1, 0.15) is 79.1 Å². The number of hydrogen-bond donors (Lipinski definition) is 0. The van der Waals surface area contributed by atoms with Gasteiger partial charge in [-0.25, -0.2) is 0 Å². The number of rotatable bonds is 18. The number of ether oxygens (including phenoxy) is 2. The number of nitrogens with zero attached hydrogens (tertiary/aromatic N) is 1. The van der Waals surface area contributed by atoms with Gasteiger partial charge in [-0.1, -0.05) is 66.2 Å². The second-order valence-corrected chi connectivity index (χ2v) is 7.29. The Balaban J connectivity index is 3.56. The van der Waals surface area contributed by atoms with Crippen LogP contribution in [0.2, 0.25) is 0 Å². The smallest absolute Gasteiger partial charge is 0.0593 e. The molecule has 0 aliphatic heterocycles. The number of unbranched alkanes of at least 4 members (excludes halogenated alkanes) is 2. The molecule has 0 aromatic carbocycles. The van der Waals surface area contributed by atoms with Crippen LogP contribution in [0, 0.1) is 11.8 Å². The van der Waals surface area contributed by atoms with Gasteiger partial charge in [0.1, 0.15) is 0 Å². The fourth-order valence-corrected chi connectivity index (χ4v) is 2.85. The van der Waals surface area contributed by atoms with Gasteiger partial charge in [0.15, 0.2) is 0 Å². The van der Waals surface area contributed by atoms with Crippen LogP contribution in [0.3, 0.4) is 0 Å². The maximum Gasteiger partial charge on any atom is 0.0593 e. The molecular formula is C21H45NO2. The van der Waals surface area contributed by atoms with E-state index in [9.17, 15) is 0 Å². The average molecular weight is 344 g/mol. The lowest BCUT2D eigenvalue weighted by Gasteiger charge is -2.20. The van der Waals surface area contributed by atoms with Gasteiger partial charge in [0.05, 0.1) is 13.2 Å². The van der Waals surface area contributed by atoms with E-state index in [1.54, 1.807) is 0 Å². The first-order valence-corrected chi connectivity index (χ1v) is 10.5. The minimum Gasteiger partial charge on any atom is -0.380 e. The highest BCUT2D eigenvalue weighted by Gasteiger charge is 2.08. The molecule has 0 fully saturated rings. The van der Waals surface area contributed by atoms with Crippen LogP contribution in [-0.4, -0.2) is 51.5 Å². The van der Waals surface area contributed by atoms with E-state index in [2.05, 4.69) is 39.6 Å². The van der Waals surface area contributed by atoms with Crippen LogP contribution in [0.15, 0.2) is 0 Å². The number of likely N-dealkylation sites (N-methyl/N-ethyl adjacent to an activating group) is 1. The summed E-state index contributed by atoms with van der Waals surface area (Å²) in [4.78, 5) is 2.32. The zero-order valence-corrected chi connectivity index (χ0v) is 17.3. The second kappa shape index (κ2) is 17.7. The van der Waals surface area contributed by atoms with E-state index in [-0.39, 0.29) is 0 Å². The largest absolute Gasteiger partial charge is 0.380 e. The zero-order chi connectivity index (χ0) is 18.0. The molecule has 0 rings (SSSR count). The molecule has 3 nitrogen and oxygen atoms in total. The molecule has 0 N–H and O–H groups in total. The van der Waals surface area contributed by atoms with Crippen LogP contribution in [-0.2, 0) is 9.47 Å². The van der Waals surface area contributed by atoms with Crippen molar-refractivity contribution in [1.82, 2.24) is 4.90 Å². The summed E-state index contributed by atoms with van der Waals surface area (Å²) < 4.78 is 11.8. The SMILES string of the molecule is CCCCC(CC)COCCN(C)CCOCC(CC)CCCC. The Morgan fingerprint density at radius 3 is 1.46 bits per heavy atom. The summed E-state index contributed by atoms with van der Waals surface area (Å²) in [6.07, 6.45) is 10.3. The van der Waals surface area contributed by atoms with Gasteiger partial charge < -0.3 is 14.4 Å². The molecule has 0 bridgehead atoms. The fourth-order valence-electron chi connectivity index (χ4n) is 2.85. The molecule has 0 heterocycles. The van der Waals surface area contributed by atoms with E-state index in [0.29, 0.717) is 0 Å². The highest BCUT2D eigenvalue weighted by Crippen LogP contribution is 2.13. The van der Waals surface area contributed by atoms with Crippen molar-refractivity contribution in [3.63, 3.8) is 0 Å². The fraction of sp³-hybridized carbons (Fsp3) is 1.00. The molecule has 0 spiro atoms. The minimum absolute atomic E-state index is 0.743. The molecule has 0 amide bonds. The van der Waals surface area contributed by atoms with Crippen LogP contribution in [0.5, 0.6) is 0 Å². The Morgan fingerprint density at radius 1 is 0.708 bits per heavy atom. The first-order valence-electron chi connectivity index (χ1n) is 10.5. The molecule has 146 valence electrons. The van der Waals surface area contributed by atoms with Crippen molar-refractivity contribution in [1.29, 1.82) is 0 Å². The van der Waals surface area contributed by atoms with E-state index < -0.39 is 0 Å². The summed E-state index contributed by atoms with van der Waals surface area (Å²) in [6, 6.07) is 0. The highest BCUT2D eigenvalue weighted by atomic mass is 16.5. The van der Waals surface area contributed by atoms with Crippen LogP contribution in [0.4, 0.5) is 0 Å². The van der Waals surface area contributed by atoms with Crippen molar-refractivity contribution < 1.29 is 9.47 Å². The predicted octanol–water partition coefficient (Wildman–Crippen LogP) is 5.38. The first-order chi connectivity index (χ1) is 11.7. The van der Waals surface area contributed by atoms with Gasteiger partial charge in [-0.05, 0) is 31.7 Å². The summed E-state index contributed by atoms with van der Waals surface area (Å²) in [5.41, 5.74) is 0. The summed E-state index contributed by atoms with van der Waals surface area (Å²) in [7, 11) is 2.16. The monoisotopic (exact) mass is 343 g/mol. The van der Waals surface area contributed by atoms with Crippen molar-refractivity contribution in [2.45, 2.75) is 79.1 Å². The van der Waals surface area contributed by atoms with Crippen LogP contribution in [0.25, 0.3) is 0 Å². The summed E-state index contributed by atoms with van der Waals surface area (Å²) in [5, 5.41) is 0. The maximum atomic E-state index is 5.88. The molecule has 0 aliphatic rings. The van der Waals surface area contributed by atoms with E-state index in [1.165, 1.54) is 51.4 Å². The Kier molecular flexibility index (Phi) is 17.6. The molecule has 0 radical (unpaired) electrons. The molecule has 0 aromatic rings. The maximum absolute atomic E-state index is 5.88. The van der Waals surface area contributed by atoms with Gasteiger partial charge in [-0.15, -0.1) is 0 Å². The van der Waals surface area contributed by atoms with Crippen molar-refractivity contribution in [2.24, 2.45) is 11.8 Å². The Hall–Kier alpha value is -0.120. The Morgan fingerprint density at radius 2 is 1.12 bits per heavy atom. The van der Waals surface area contributed by atoms with E-state index in [0.717, 1.165) is 51.4 Å². The van der Waals surface area contributed by atoms with E-state index >= 15 is 0 Å². The molecule has 2 atom stereocenters. The Bertz CT molecular complexity index is 224. The van der Waals surface area contributed by atoms with Crippen molar-refractivity contribution >= 4 is 0 Å². The third-order valence-corrected chi connectivity index (χ3v) is 5.03. The standard InChI is InChI=1S/C21H45NO2/c1-6-10-12-20(8-3)18-23-16-14-22(5)15-17-24-19-21(9-4)13-11-7-2/h20-21H,6-19H2,1-5H3. The third-order valence-electron chi connectivity index (χ3n) is 5.03. The van der Waals surface area contributed by atoms with Crippen molar-refractivity contribution in [2.75, 3.05) is 46.6 Å². The first kappa shape index (κ1) is 23.9. The quantitative estimate of drug-likeness (QED) is 0.312. The van der Waals surface area contributed by atoms with Crippen LogP contribution >= 0.6 is 0 Å². The summed E-state index contributed by atoms with van der Waals surface area (Å²) in [5.74, 6) is 1.49. The lowest BCUT2D eigenvalue weighted by atomic mass is 10.0. The van der Waals surface area contributed by atoms with Crippen molar-refractivity contribution in [3.05, 3.63) is 0 Å². The molecule has 3 heteroatoms. The molecule has 0 saturated carbocycles. The van der Waals surface area contributed by atoms with Gasteiger partial charge in [0.25, 0.3) is 0 Å².